The Hall–Kier alpha value is -2.63. The largest absolute Gasteiger partial charge is 0.398 e. The minimum atomic E-state index is 0.0402. The third-order valence-electron chi connectivity index (χ3n) is 4.01. The number of nitrogens with zero attached hydrogens (tertiary/aromatic N) is 4. The summed E-state index contributed by atoms with van der Waals surface area (Å²) >= 11 is 0. The average molecular weight is 297 g/mol. The Balaban J connectivity index is 1.69. The lowest BCUT2D eigenvalue weighted by Gasteiger charge is -2.35. The van der Waals surface area contributed by atoms with Crippen LogP contribution in [0.2, 0.25) is 0 Å². The van der Waals surface area contributed by atoms with Gasteiger partial charge in [0.05, 0.1) is 0 Å². The van der Waals surface area contributed by atoms with E-state index in [1.54, 1.807) is 18.5 Å². The zero-order valence-corrected chi connectivity index (χ0v) is 12.6. The molecule has 22 heavy (non-hydrogen) atoms. The second-order valence-electron chi connectivity index (χ2n) is 5.35. The van der Waals surface area contributed by atoms with E-state index in [2.05, 4.69) is 14.9 Å². The van der Waals surface area contributed by atoms with Gasteiger partial charge in [0, 0.05) is 49.8 Å². The Kier molecular flexibility index (Phi) is 3.91. The van der Waals surface area contributed by atoms with Crippen LogP contribution in [-0.4, -0.2) is 47.0 Å². The first-order valence-electron chi connectivity index (χ1n) is 7.33. The molecule has 3 rings (SSSR count). The summed E-state index contributed by atoms with van der Waals surface area (Å²) in [6.45, 7) is 4.67. The van der Waals surface area contributed by atoms with E-state index in [4.69, 9.17) is 5.73 Å². The molecule has 0 atom stereocenters. The van der Waals surface area contributed by atoms with E-state index < -0.39 is 0 Å². The number of aromatic nitrogens is 2. The molecular weight excluding hydrogens is 278 g/mol. The van der Waals surface area contributed by atoms with Crippen LogP contribution in [0.15, 0.2) is 36.7 Å². The lowest BCUT2D eigenvalue weighted by Crippen LogP contribution is -2.49. The predicted molar refractivity (Wildman–Crippen MR) is 85.7 cm³/mol. The molecule has 1 amide bonds. The van der Waals surface area contributed by atoms with Gasteiger partial charge >= 0.3 is 0 Å². The fraction of sp³-hybridized carbons (Fsp3) is 0.312. The van der Waals surface area contributed by atoms with Gasteiger partial charge in [-0.25, -0.2) is 9.97 Å². The smallest absolute Gasteiger partial charge is 0.254 e. The Morgan fingerprint density at radius 1 is 1.09 bits per heavy atom. The number of nitrogen functional groups attached to an aromatic ring is 1. The van der Waals surface area contributed by atoms with E-state index in [9.17, 15) is 4.79 Å². The number of amides is 1. The highest BCUT2D eigenvalue weighted by Gasteiger charge is 2.24. The van der Waals surface area contributed by atoms with Gasteiger partial charge in [-0.1, -0.05) is 6.07 Å². The molecule has 1 aliphatic heterocycles. The number of nitrogens with two attached hydrogens (primary N) is 1. The van der Waals surface area contributed by atoms with Crippen LogP contribution in [0.5, 0.6) is 0 Å². The van der Waals surface area contributed by atoms with Crippen LogP contribution in [-0.2, 0) is 0 Å². The number of rotatable bonds is 2. The fourth-order valence-corrected chi connectivity index (χ4v) is 2.62. The monoisotopic (exact) mass is 297 g/mol. The van der Waals surface area contributed by atoms with Crippen LogP contribution in [0.4, 0.5) is 11.6 Å². The normalized spacial score (nSPS) is 15.0. The van der Waals surface area contributed by atoms with Crippen molar-refractivity contribution in [1.82, 2.24) is 14.9 Å². The molecule has 0 aliphatic carbocycles. The second-order valence-corrected chi connectivity index (χ2v) is 5.35. The van der Waals surface area contributed by atoms with Crippen molar-refractivity contribution >= 4 is 17.5 Å². The summed E-state index contributed by atoms with van der Waals surface area (Å²) in [5.41, 5.74) is 8.08. The third kappa shape index (κ3) is 2.72. The van der Waals surface area contributed by atoms with Crippen LogP contribution in [0.1, 0.15) is 15.9 Å². The molecule has 2 aromatic rings. The predicted octanol–water partition coefficient (Wildman–Crippen LogP) is 1.33. The Morgan fingerprint density at radius 3 is 2.45 bits per heavy atom. The van der Waals surface area contributed by atoms with Crippen molar-refractivity contribution in [3.63, 3.8) is 0 Å². The number of piperazine rings is 1. The van der Waals surface area contributed by atoms with E-state index in [0.29, 0.717) is 24.3 Å². The number of hydrogen-bond acceptors (Lipinski definition) is 5. The van der Waals surface area contributed by atoms with Crippen molar-refractivity contribution in [3.8, 4) is 0 Å². The second kappa shape index (κ2) is 6.01. The highest BCUT2D eigenvalue weighted by atomic mass is 16.2. The summed E-state index contributed by atoms with van der Waals surface area (Å²) in [6, 6.07) is 7.27. The van der Waals surface area contributed by atoms with Crippen LogP contribution < -0.4 is 10.6 Å². The lowest BCUT2D eigenvalue weighted by molar-refractivity contribution is 0.0745. The molecule has 1 aliphatic rings. The van der Waals surface area contributed by atoms with E-state index in [0.717, 1.165) is 24.6 Å². The summed E-state index contributed by atoms with van der Waals surface area (Å²) in [4.78, 5) is 25.1. The quantitative estimate of drug-likeness (QED) is 0.846. The molecular formula is C16H19N5O. The number of carbonyl (C=O) groups excluding carboxylic acids is 1. The molecule has 0 unspecified atom stereocenters. The SMILES string of the molecule is Cc1c(N)cccc1C(=O)N1CCN(c2ncccn2)CC1. The van der Waals surface area contributed by atoms with Crippen molar-refractivity contribution in [2.24, 2.45) is 0 Å². The number of benzene rings is 1. The maximum atomic E-state index is 12.6. The Bertz CT molecular complexity index is 665. The zero-order valence-electron chi connectivity index (χ0n) is 12.6. The van der Waals surface area contributed by atoms with Crippen molar-refractivity contribution in [3.05, 3.63) is 47.8 Å². The van der Waals surface area contributed by atoms with E-state index >= 15 is 0 Å². The van der Waals surface area contributed by atoms with Gasteiger partial charge in [0.25, 0.3) is 5.91 Å². The van der Waals surface area contributed by atoms with Crippen LogP contribution in [0.25, 0.3) is 0 Å². The van der Waals surface area contributed by atoms with Crippen LogP contribution in [0.3, 0.4) is 0 Å². The van der Waals surface area contributed by atoms with Gasteiger partial charge in [0.15, 0.2) is 0 Å². The molecule has 6 heteroatoms. The summed E-state index contributed by atoms with van der Waals surface area (Å²) in [5, 5.41) is 0. The minimum Gasteiger partial charge on any atom is -0.398 e. The molecule has 2 heterocycles. The molecule has 1 fully saturated rings. The number of anilines is 2. The molecule has 0 radical (unpaired) electrons. The van der Waals surface area contributed by atoms with Crippen molar-refractivity contribution in [2.75, 3.05) is 36.8 Å². The standard InChI is InChI=1S/C16H19N5O/c1-12-13(4-2-5-14(12)17)15(22)20-8-10-21(11-9-20)16-18-6-3-7-19-16/h2-7H,8-11,17H2,1H3. The summed E-state index contributed by atoms with van der Waals surface area (Å²) in [6.07, 6.45) is 3.46. The average Bonchev–Trinajstić information content (AvgIpc) is 2.58. The highest BCUT2D eigenvalue weighted by Crippen LogP contribution is 2.19. The molecule has 1 aromatic heterocycles. The molecule has 0 spiro atoms. The van der Waals surface area contributed by atoms with Gasteiger partial charge in [-0.15, -0.1) is 0 Å². The van der Waals surface area contributed by atoms with Gasteiger partial charge < -0.3 is 15.5 Å². The molecule has 1 saturated heterocycles. The Morgan fingerprint density at radius 2 is 1.77 bits per heavy atom. The molecule has 2 N–H and O–H groups in total. The lowest BCUT2D eigenvalue weighted by atomic mass is 10.1. The fourth-order valence-electron chi connectivity index (χ4n) is 2.62. The number of hydrogen-bond donors (Lipinski definition) is 1. The zero-order chi connectivity index (χ0) is 15.5. The van der Waals surface area contributed by atoms with Gasteiger partial charge in [0.2, 0.25) is 5.95 Å². The Labute approximate surface area is 129 Å². The molecule has 0 saturated carbocycles. The van der Waals surface area contributed by atoms with Gasteiger partial charge in [-0.2, -0.15) is 0 Å². The van der Waals surface area contributed by atoms with Crippen LogP contribution >= 0.6 is 0 Å². The van der Waals surface area contributed by atoms with Crippen molar-refractivity contribution < 1.29 is 4.79 Å². The maximum absolute atomic E-state index is 12.6. The molecule has 1 aromatic carbocycles. The van der Waals surface area contributed by atoms with Gasteiger partial charge in [-0.3, -0.25) is 4.79 Å². The van der Waals surface area contributed by atoms with E-state index in [-0.39, 0.29) is 5.91 Å². The van der Waals surface area contributed by atoms with Crippen LogP contribution in [0, 0.1) is 6.92 Å². The first-order valence-corrected chi connectivity index (χ1v) is 7.33. The topological polar surface area (TPSA) is 75.4 Å². The summed E-state index contributed by atoms with van der Waals surface area (Å²) in [5.74, 6) is 0.758. The van der Waals surface area contributed by atoms with E-state index in [1.807, 2.05) is 30.0 Å². The molecule has 6 nitrogen and oxygen atoms in total. The maximum Gasteiger partial charge on any atom is 0.254 e. The highest BCUT2D eigenvalue weighted by molar-refractivity contribution is 5.97. The first kappa shape index (κ1) is 14.3. The summed E-state index contributed by atoms with van der Waals surface area (Å²) in [7, 11) is 0. The first-order chi connectivity index (χ1) is 10.7. The minimum absolute atomic E-state index is 0.0402. The van der Waals surface area contributed by atoms with Crippen molar-refractivity contribution in [2.45, 2.75) is 6.92 Å². The molecule has 114 valence electrons. The van der Waals surface area contributed by atoms with E-state index in [1.165, 1.54) is 0 Å². The molecule has 0 bridgehead atoms. The third-order valence-corrected chi connectivity index (χ3v) is 4.01. The van der Waals surface area contributed by atoms with Crippen molar-refractivity contribution in [1.29, 1.82) is 0 Å². The summed E-state index contributed by atoms with van der Waals surface area (Å²) < 4.78 is 0. The number of carbonyl (C=O) groups is 1. The van der Waals surface area contributed by atoms with Gasteiger partial charge in [-0.05, 0) is 30.7 Å². The van der Waals surface area contributed by atoms with Gasteiger partial charge in [0.1, 0.15) is 0 Å².